The van der Waals surface area contributed by atoms with E-state index in [1.54, 1.807) is 13.8 Å². The van der Waals surface area contributed by atoms with Gasteiger partial charge in [0.2, 0.25) is 11.7 Å². The summed E-state index contributed by atoms with van der Waals surface area (Å²) in [7, 11) is 1.40. The second-order valence-electron chi connectivity index (χ2n) is 6.80. The maximum Gasteiger partial charge on any atom is 0.338 e. The first-order chi connectivity index (χ1) is 11.9. The van der Waals surface area contributed by atoms with E-state index in [1.165, 1.54) is 7.11 Å². The van der Waals surface area contributed by atoms with Gasteiger partial charge in [0.25, 0.3) is 5.60 Å². The highest BCUT2D eigenvalue weighted by molar-refractivity contribution is 6.14. The normalized spacial score (nSPS) is 31.6. The molecule has 2 spiro atoms. The lowest BCUT2D eigenvalue weighted by molar-refractivity contribution is -0.161. The van der Waals surface area contributed by atoms with Gasteiger partial charge in [-0.25, -0.2) is 4.79 Å². The molecule has 3 aliphatic rings. The van der Waals surface area contributed by atoms with Gasteiger partial charge in [-0.2, -0.15) is 0 Å². The van der Waals surface area contributed by atoms with Gasteiger partial charge < -0.3 is 19.9 Å². The van der Waals surface area contributed by atoms with Crippen molar-refractivity contribution in [1.82, 2.24) is 5.32 Å². The summed E-state index contributed by atoms with van der Waals surface area (Å²) >= 11 is 0. The molecule has 1 amide bonds. The van der Waals surface area contributed by atoms with E-state index >= 15 is 0 Å². The molecule has 0 radical (unpaired) electrons. The fraction of sp³-hybridized carbons (Fsp3) is 0.611. The summed E-state index contributed by atoms with van der Waals surface area (Å²) < 4.78 is 11.1. The molecular weight excluding hydrogens is 326 g/mol. The number of amides is 1. The summed E-state index contributed by atoms with van der Waals surface area (Å²) in [6.45, 7) is 3.32. The molecule has 0 unspecified atom stereocenters. The van der Waals surface area contributed by atoms with E-state index in [4.69, 9.17) is 14.6 Å². The van der Waals surface area contributed by atoms with E-state index in [0.717, 1.165) is 5.57 Å². The van der Waals surface area contributed by atoms with Crippen LogP contribution in [0.5, 0.6) is 0 Å². The molecule has 2 heterocycles. The Morgan fingerprint density at radius 1 is 1.20 bits per heavy atom. The highest BCUT2D eigenvalue weighted by Crippen LogP contribution is 2.56. The van der Waals surface area contributed by atoms with Crippen molar-refractivity contribution in [2.45, 2.75) is 57.1 Å². The lowest BCUT2D eigenvalue weighted by Gasteiger charge is -2.40. The summed E-state index contributed by atoms with van der Waals surface area (Å²) in [4.78, 5) is 37.6. The Hall–Kier alpha value is -2.15. The first-order valence-electron chi connectivity index (χ1n) is 8.51. The van der Waals surface area contributed by atoms with Crippen molar-refractivity contribution in [2.75, 3.05) is 13.7 Å². The monoisotopic (exact) mass is 349 g/mol. The number of esters is 1. The molecule has 1 saturated heterocycles. The number of hydrogen-bond acceptors (Lipinski definition) is 6. The third-order valence-corrected chi connectivity index (χ3v) is 5.56. The molecule has 1 aliphatic carbocycles. The number of methoxy groups -OCH3 is 1. The summed E-state index contributed by atoms with van der Waals surface area (Å²) in [6.07, 6.45) is 2.40. The van der Waals surface area contributed by atoms with Crippen LogP contribution in [0, 0.1) is 0 Å². The van der Waals surface area contributed by atoms with Crippen molar-refractivity contribution in [2.24, 2.45) is 0 Å². The molecule has 0 bridgehead atoms. The minimum absolute atomic E-state index is 0.0576. The van der Waals surface area contributed by atoms with Crippen LogP contribution in [-0.4, -0.2) is 47.6 Å². The molecule has 1 fully saturated rings. The Kier molecular flexibility index (Phi) is 4.23. The third kappa shape index (κ3) is 2.11. The highest BCUT2D eigenvalue weighted by atomic mass is 16.6. The van der Waals surface area contributed by atoms with Crippen LogP contribution < -0.4 is 5.32 Å². The minimum Gasteiger partial charge on any atom is -0.496 e. The van der Waals surface area contributed by atoms with Crippen molar-refractivity contribution in [3.63, 3.8) is 0 Å². The summed E-state index contributed by atoms with van der Waals surface area (Å²) in [5.74, 6) is -0.940. The van der Waals surface area contributed by atoms with Gasteiger partial charge >= 0.3 is 5.97 Å². The molecule has 7 heteroatoms. The molecule has 2 atom stereocenters. The van der Waals surface area contributed by atoms with E-state index in [-0.39, 0.29) is 36.1 Å². The molecule has 0 aromatic heterocycles. The van der Waals surface area contributed by atoms with Gasteiger partial charge in [-0.3, -0.25) is 9.59 Å². The van der Waals surface area contributed by atoms with Crippen LogP contribution in [0.15, 0.2) is 22.5 Å². The number of Topliss-reactive ketones (excluding diaryl/α,β-unsaturated/α-hetero) is 1. The van der Waals surface area contributed by atoms with Crippen molar-refractivity contribution in [1.29, 1.82) is 0 Å². The number of nitrogens with one attached hydrogen (secondary N) is 1. The predicted octanol–water partition coefficient (Wildman–Crippen LogP) is 0.913. The number of rotatable bonds is 5. The lowest BCUT2D eigenvalue weighted by Crippen LogP contribution is -2.63. The Morgan fingerprint density at radius 2 is 1.92 bits per heavy atom. The number of unbranched alkanes of at least 4 members (excludes halogenated alkanes) is 1. The molecule has 0 aromatic carbocycles. The van der Waals surface area contributed by atoms with Crippen molar-refractivity contribution < 1.29 is 29.0 Å². The summed E-state index contributed by atoms with van der Waals surface area (Å²) in [6, 6.07) is 0. The van der Waals surface area contributed by atoms with E-state index in [0.29, 0.717) is 31.3 Å². The average molecular weight is 349 g/mol. The summed E-state index contributed by atoms with van der Waals surface area (Å²) in [5.41, 5.74) is -1.22. The SMILES string of the molecule is COC1=C(C)C(=O)O[C@@]12C(=O)C(C)=C(CCCCO)[C@@]21CCC(=O)N1. The largest absolute Gasteiger partial charge is 0.496 e. The Morgan fingerprint density at radius 3 is 2.48 bits per heavy atom. The molecule has 2 aliphatic heterocycles. The van der Waals surface area contributed by atoms with Crippen LogP contribution in [0.2, 0.25) is 0 Å². The quantitative estimate of drug-likeness (QED) is 0.565. The van der Waals surface area contributed by atoms with Crippen molar-refractivity contribution in [3.05, 3.63) is 22.5 Å². The molecule has 136 valence electrons. The molecule has 3 rings (SSSR count). The Labute approximate surface area is 146 Å². The van der Waals surface area contributed by atoms with Crippen LogP contribution in [0.1, 0.15) is 46.0 Å². The van der Waals surface area contributed by atoms with Crippen LogP contribution in [0.4, 0.5) is 0 Å². The molecule has 25 heavy (non-hydrogen) atoms. The van der Waals surface area contributed by atoms with Crippen molar-refractivity contribution in [3.8, 4) is 0 Å². The van der Waals surface area contributed by atoms with Crippen LogP contribution >= 0.6 is 0 Å². The molecular formula is C18H23NO6. The minimum atomic E-state index is -1.65. The first kappa shape index (κ1) is 17.7. The fourth-order valence-electron chi connectivity index (χ4n) is 4.44. The number of carbonyl (C=O) groups excluding carboxylic acids is 3. The van der Waals surface area contributed by atoms with E-state index in [2.05, 4.69) is 5.32 Å². The Balaban J connectivity index is 2.16. The van der Waals surface area contributed by atoms with Crippen LogP contribution in [-0.2, 0) is 23.9 Å². The van der Waals surface area contributed by atoms with E-state index in [1.807, 2.05) is 0 Å². The summed E-state index contributed by atoms with van der Waals surface area (Å²) in [5, 5.41) is 12.0. The maximum absolute atomic E-state index is 13.3. The number of ether oxygens (including phenoxy) is 2. The van der Waals surface area contributed by atoms with Gasteiger partial charge in [-0.1, -0.05) is 0 Å². The topological polar surface area (TPSA) is 102 Å². The average Bonchev–Trinajstić information content (AvgIpc) is 3.14. The molecule has 0 saturated carbocycles. The maximum atomic E-state index is 13.3. The van der Waals surface area contributed by atoms with E-state index < -0.39 is 17.1 Å². The third-order valence-electron chi connectivity index (χ3n) is 5.56. The highest BCUT2D eigenvalue weighted by Gasteiger charge is 2.73. The smallest absolute Gasteiger partial charge is 0.338 e. The van der Waals surface area contributed by atoms with Gasteiger partial charge in [-0.15, -0.1) is 0 Å². The second-order valence-corrected chi connectivity index (χ2v) is 6.80. The fourth-order valence-corrected chi connectivity index (χ4v) is 4.44. The zero-order valence-electron chi connectivity index (χ0n) is 14.7. The van der Waals surface area contributed by atoms with Gasteiger partial charge in [0.1, 0.15) is 5.54 Å². The number of aliphatic hydroxyl groups excluding tert-OH is 1. The van der Waals surface area contributed by atoms with Crippen molar-refractivity contribution >= 4 is 17.7 Å². The van der Waals surface area contributed by atoms with Gasteiger partial charge in [0, 0.05) is 13.0 Å². The number of carbonyl (C=O) groups is 3. The predicted molar refractivity (Wildman–Crippen MR) is 87.3 cm³/mol. The molecule has 2 N–H and O–H groups in total. The van der Waals surface area contributed by atoms with Gasteiger partial charge in [-0.05, 0) is 50.7 Å². The standard InChI is InChI=1S/C18H23NO6/c1-10-12(6-4-5-9-20)17(8-7-13(21)19-17)18(14(10)22)15(24-3)11(2)16(23)25-18/h20H,4-9H2,1-3H3,(H,19,21)/t17-,18-/m0/s1. The number of hydrogen-bond donors (Lipinski definition) is 2. The number of ketones is 1. The van der Waals surface area contributed by atoms with Gasteiger partial charge in [0.15, 0.2) is 5.76 Å². The first-order valence-corrected chi connectivity index (χ1v) is 8.51. The van der Waals surface area contributed by atoms with Gasteiger partial charge in [0.05, 0.1) is 12.7 Å². The van der Waals surface area contributed by atoms with Crippen LogP contribution in [0.25, 0.3) is 0 Å². The lowest BCUT2D eigenvalue weighted by atomic mass is 9.74. The number of fused-ring (bicyclic) bond motifs is 1. The molecule has 0 aromatic rings. The zero-order chi connectivity index (χ0) is 18.4. The van der Waals surface area contributed by atoms with E-state index in [9.17, 15) is 14.4 Å². The number of aliphatic hydroxyl groups is 1. The zero-order valence-corrected chi connectivity index (χ0v) is 14.7. The second kappa shape index (κ2) is 5.98. The van der Waals surface area contributed by atoms with Crippen LogP contribution in [0.3, 0.4) is 0 Å². The molecule has 7 nitrogen and oxygen atoms in total. The Bertz CT molecular complexity index is 721.